The van der Waals surface area contributed by atoms with Crippen LogP contribution in [0.4, 0.5) is 0 Å². The Kier molecular flexibility index (Phi) is 10.4. The summed E-state index contributed by atoms with van der Waals surface area (Å²) in [6, 6.07) is 18.5. The van der Waals surface area contributed by atoms with Crippen LogP contribution >= 0.6 is 0 Å². The highest BCUT2D eigenvalue weighted by Gasteiger charge is 2.01. The van der Waals surface area contributed by atoms with Gasteiger partial charge < -0.3 is 9.47 Å². The molecule has 0 bridgehead atoms. The molecule has 0 fully saturated rings. The predicted molar refractivity (Wildman–Crippen MR) is 121 cm³/mol. The molecule has 3 heteroatoms. The summed E-state index contributed by atoms with van der Waals surface area (Å²) in [6.45, 7) is 6.47. The maximum Gasteiger partial charge on any atom is 0.333 e. The van der Waals surface area contributed by atoms with Gasteiger partial charge in [0.1, 0.15) is 5.75 Å². The van der Waals surface area contributed by atoms with E-state index < -0.39 is 0 Å². The van der Waals surface area contributed by atoms with Crippen LogP contribution in [-0.2, 0) is 9.53 Å². The van der Waals surface area contributed by atoms with Crippen molar-refractivity contribution in [3.8, 4) is 5.75 Å². The molecule has 0 radical (unpaired) electrons. The molecule has 0 spiro atoms. The second-order valence-corrected chi connectivity index (χ2v) is 7.20. The van der Waals surface area contributed by atoms with E-state index in [2.05, 4.69) is 43.0 Å². The molecule has 2 aromatic carbocycles. The van der Waals surface area contributed by atoms with Crippen molar-refractivity contribution in [1.82, 2.24) is 0 Å². The van der Waals surface area contributed by atoms with Gasteiger partial charge in [-0.15, -0.1) is 0 Å². The SMILES string of the molecule is C=C(C)C(=O)OCCCCCCCCOc1ccc(/C=C/c2ccccc2)cc1. The molecule has 3 nitrogen and oxygen atoms in total. The fraction of sp³-hybridized carbons (Fsp3) is 0.346. The third-order valence-corrected chi connectivity index (χ3v) is 4.54. The Bertz CT molecular complexity index is 760. The lowest BCUT2D eigenvalue weighted by Gasteiger charge is -2.07. The summed E-state index contributed by atoms with van der Waals surface area (Å²) >= 11 is 0. The number of ether oxygens (including phenoxy) is 2. The van der Waals surface area contributed by atoms with Crippen LogP contribution in [0.15, 0.2) is 66.7 Å². The monoisotopic (exact) mass is 392 g/mol. The third kappa shape index (κ3) is 9.79. The lowest BCUT2D eigenvalue weighted by Crippen LogP contribution is -2.06. The van der Waals surface area contributed by atoms with Gasteiger partial charge in [-0.25, -0.2) is 4.79 Å². The second kappa shape index (κ2) is 13.4. The van der Waals surface area contributed by atoms with Crippen LogP contribution in [0, 0.1) is 0 Å². The number of unbranched alkanes of at least 4 members (excludes halogenated alkanes) is 5. The Morgan fingerprint density at radius 2 is 1.34 bits per heavy atom. The van der Waals surface area contributed by atoms with Crippen molar-refractivity contribution in [2.24, 2.45) is 0 Å². The van der Waals surface area contributed by atoms with Gasteiger partial charge in [-0.05, 0) is 43.0 Å². The summed E-state index contributed by atoms with van der Waals surface area (Å²) in [5.74, 6) is 0.628. The molecule has 0 aliphatic rings. The Hall–Kier alpha value is -2.81. The van der Waals surface area contributed by atoms with E-state index in [9.17, 15) is 4.79 Å². The molecule has 0 N–H and O–H groups in total. The van der Waals surface area contributed by atoms with E-state index in [1.165, 1.54) is 12.0 Å². The van der Waals surface area contributed by atoms with Gasteiger partial charge in [0, 0.05) is 5.57 Å². The number of hydrogen-bond acceptors (Lipinski definition) is 3. The lowest BCUT2D eigenvalue weighted by atomic mass is 10.1. The minimum absolute atomic E-state index is 0.289. The normalized spacial score (nSPS) is 10.8. The van der Waals surface area contributed by atoms with Gasteiger partial charge in [0.2, 0.25) is 0 Å². The van der Waals surface area contributed by atoms with Gasteiger partial charge in [0.15, 0.2) is 0 Å². The summed E-state index contributed by atoms with van der Waals surface area (Å²) in [4.78, 5) is 11.2. The van der Waals surface area contributed by atoms with E-state index in [0.29, 0.717) is 12.2 Å². The van der Waals surface area contributed by atoms with Crippen LogP contribution in [0.1, 0.15) is 56.6 Å². The molecular weight excluding hydrogens is 360 g/mol. The molecule has 0 aromatic heterocycles. The molecule has 0 atom stereocenters. The number of benzene rings is 2. The maximum absolute atomic E-state index is 11.2. The quantitative estimate of drug-likeness (QED) is 0.165. The maximum atomic E-state index is 11.2. The molecule has 154 valence electrons. The number of hydrogen-bond donors (Lipinski definition) is 0. The molecule has 2 rings (SSSR count). The van der Waals surface area contributed by atoms with Gasteiger partial charge in [0.05, 0.1) is 13.2 Å². The number of rotatable bonds is 13. The molecule has 0 aliphatic carbocycles. The first-order valence-corrected chi connectivity index (χ1v) is 10.4. The smallest absolute Gasteiger partial charge is 0.333 e. The summed E-state index contributed by atoms with van der Waals surface area (Å²) in [5, 5.41) is 0. The van der Waals surface area contributed by atoms with Gasteiger partial charge in [-0.2, -0.15) is 0 Å². The highest BCUT2D eigenvalue weighted by Crippen LogP contribution is 2.15. The van der Waals surface area contributed by atoms with E-state index in [1.807, 2.05) is 30.3 Å². The number of esters is 1. The Balaban J connectivity index is 1.51. The van der Waals surface area contributed by atoms with E-state index in [0.717, 1.165) is 50.0 Å². The van der Waals surface area contributed by atoms with Crippen LogP contribution in [0.3, 0.4) is 0 Å². The molecule has 0 aliphatic heterocycles. The minimum atomic E-state index is -0.289. The molecule has 0 unspecified atom stereocenters. The highest BCUT2D eigenvalue weighted by molar-refractivity contribution is 5.86. The standard InChI is InChI=1S/C26H32O3/c1-22(2)26(27)29-21-11-6-4-3-5-10-20-28-25-18-16-24(17-19-25)15-14-23-12-8-7-9-13-23/h7-9,12-19H,1,3-6,10-11,20-21H2,2H3/b15-14+. The summed E-state index contributed by atoms with van der Waals surface area (Å²) in [7, 11) is 0. The first-order valence-electron chi connectivity index (χ1n) is 10.4. The highest BCUT2D eigenvalue weighted by atomic mass is 16.5. The fourth-order valence-corrected chi connectivity index (χ4v) is 2.82. The van der Waals surface area contributed by atoms with E-state index in [4.69, 9.17) is 9.47 Å². The molecule has 2 aromatic rings. The van der Waals surface area contributed by atoms with Crippen LogP contribution in [0.2, 0.25) is 0 Å². The Labute approximate surface area is 175 Å². The third-order valence-electron chi connectivity index (χ3n) is 4.54. The van der Waals surface area contributed by atoms with Gasteiger partial charge in [0.25, 0.3) is 0 Å². The second-order valence-electron chi connectivity index (χ2n) is 7.20. The van der Waals surface area contributed by atoms with Crippen LogP contribution in [-0.4, -0.2) is 19.2 Å². The summed E-state index contributed by atoms with van der Waals surface area (Å²) in [5.41, 5.74) is 2.82. The van der Waals surface area contributed by atoms with Crippen molar-refractivity contribution in [2.45, 2.75) is 45.4 Å². The number of carbonyl (C=O) groups is 1. The van der Waals surface area contributed by atoms with Crippen molar-refractivity contribution in [3.63, 3.8) is 0 Å². The molecule has 0 heterocycles. The van der Waals surface area contributed by atoms with Crippen molar-refractivity contribution < 1.29 is 14.3 Å². The molecule has 0 saturated carbocycles. The fourth-order valence-electron chi connectivity index (χ4n) is 2.82. The zero-order chi connectivity index (χ0) is 20.7. The van der Waals surface area contributed by atoms with Crippen molar-refractivity contribution in [1.29, 1.82) is 0 Å². The largest absolute Gasteiger partial charge is 0.494 e. The lowest BCUT2D eigenvalue weighted by molar-refractivity contribution is -0.139. The van der Waals surface area contributed by atoms with Crippen molar-refractivity contribution in [2.75, 3.05) is 13.2 Å². The van der Waals surface area contributed by atoms with Crippen molar-refractivity contribution in [3.05, 3.63) is 77.9 Å². The van der Waals surface area contributed by atoms with Crippen LogP contribution in [0.5, 0.6) is 5.75 Å². The van der Waals surface area contributed by atoms with Crippen LogP contribution < -0.4 is 4.74 Å². The zero-order valence-corrected chi connectivity index (χ0v) is 17.4. The Morgan fingerprint density at radius 3 is 1.97 bits per heavy atom. The zero-order valence-electron chi connectivity index (χ0n) is 17.4. The Morgan fingerprint density at radius 1 is 0.793 bits per heavy atom. The molecule has 29 heavy (non-hydrogen) atoms. The molecule has 0 saturated heterocycles. The van der Waals surface area contributed by atoms with Crippen molar-refractivity contribution >= 4 is 18.1 Å². The first kappa shape index (κ1) is 22.5. The van der Waals surface area contributed by atoms with Crippen LogP contribution in [0.25, 0.3) is 12.2 Å². The average Bonchev–Trinajstić information content (AvgIpc) is 2.75. The van der Waals surface area contributed by atoms with Gasteiger partial charge in [-0.1, -0.05) is 86.9 Å². The van der Waals surface area contributed by atoms with E-state index >= 15 is 0 Å². The van der Waals surface area contributed by atoms with Gasteiger partial charge in [-0.3, -0.25) is 0 Å². The topological polar surface area (TPSA) is 35.5 Å². The summed E-state index contributed by atoms with van der Waals surface area (Å²) in [6.07, 6.45) is 10.8. The average molecular weight is 393 g/mol. The number of carbonyl (C=O) groups excluding carboxylic acids is 1. The molecule has 0 amide bonds. The first-order chi connectivity index (χ1) is 14.1. The minimum Gasteiger partial charge on any atom is -0.494 e. The predicted octanol–water partition coefficient (Wildman–Crippen LogP) is 6.70. The van der Waals surface area contributed by atoms with E-state index in [1.54, 1.807) is 6.92 Å². The van der Waals surface area contributed by atoms with Gasteiger partial charge >= 0.3 is 5.97 Å². The van der Waals surface area contributed by atoms with E-state index in [-0.39, 0.29) is 5.97 Å². The molecular formula is C26H32O3. The summed E-state index contributed by atoms with van der Waals surface area (Å²) < 4.78 is 10.9.